The van der Waals surface area contributed by atoms with Gasteiger partial charge >= 0.3 is 5.97 Å². The summed E-state index contributed by atoms with van der Waals surface area (Å²) in [6.45, 7) is 2.17. The van der Waals surface area contributed by atoms with E-state index in [1.165, 1.54) is 11.3 Å². The minimum atomic E-state index is -0.506. The number of nitrogens with zero attached hydrogens (tertiary/aromatic N) is 2. The van der Waals surface area contributed by atoms with Gasteiger partial charge in [0.25, 0.3) is 0 Å². The Morgan fingerprint density at radius 2 is 2.16 bits per heavy atom. The van der Waals surface area contributed by atoms with Crippen LogP contribution in [0.2, 0.25) is 0 Å². The maximum atomic E-state index is 12.2. The van der Waals surface area contributed by atoms with Crippen molar-refractivity contribution in [3.05, 3.63) is 46.9 Å². The van der Waals surface area contributed by atoms with Crippen molar-refractivity contribution in [2.75, 3.05) is 18.6 Å². The lowest BCUT2D eigenvalue weighted by molar-refractivity contribution is -0.144. The summed E-state index contributed by atoms with van der Waals surface area (Å²) in [6.07, 6.45) is 0. The average molecular weight is 276 g/mol. The molecule has 19 heavy (non-hydrogen) atoms. The van der Waals surface area contributed by atoms with Crippen LogP contribution < -0.4 is 4.90 Å². The molecule has 0 saturated heterocycles. The predicted octanol–water partition coefficient (Wildman–Crippen LogP) is 2.88. The molecule has 1 aromatic heterocycles. The number of carbonyl (C=O) groups is 1. The number of benzene rings is 1. The predicted molar refractivity (Wildman–Crippen MR) is 76.3 cm³/mol. The van der Waals surface area contributed by atoms with Crippen LogP contribution in [-0.2, 0) is 9.53 Å². The molecule has 1 heterocycles. The van der Waals surface area contributed by atoms with E-state index in [2.05, 4.69) is 4.98 Å². The maximum Gasteiger partial charge on any atom is 0.335 e. The van der Waals surface area contributed by atoms with Gasteiger partial charge in [0, 0.05) is 18.1 Å². The van der Waals surface area contributed by atoms with Gasteiger partial charge in [-0.05, 0) is 19.1 Å². The molecule has 0 amide bonds. The fourth-order valence-corrected chi connectivity index (χ4v) is 2.44. The van der Waals surface area contributed by atoms with Crippen molar-refractivity contribution < 1.29 is 9.53 Å². The number of carbonyl (C=O) groups excluding carboxylic acids is 1. The van der Waals surface area contributed by atoms with Gasteiger partial charge < -0.3 is 9.64 Å². The third kappa shape index (κ3) is 3.12. The molecule has 0 aliphatic heterocycles. The van der Waals surface area contributed by atoms with E-state index >= 15 is 0 Å². The second kappa shape index (κ2) is 6.33. The number of rotatable bonds is 5. The van der Waals surface area contributed by atoms with E-state index in [1.807, 2.05) is 47.7 Å². The van der Waals surface area contributed by atoms with Gasteiger partial charge in [-0.3, -0.25) is 0 Å². The summed E-state index contributed by atoms with van der Waals surface area (Å²) >= 11 is 1.47. The van der Waals surface area contributed by atoms with E-state index in [4.69, 9.17) is 4.74 Å². The summed E-state index contributed by atoms with van der Waals surface area (Å²) in [5, 5.41) is 1.88. The molecule has 1 aromatic carbocycles. The highest BCUT2D eigenvalue weighted by atomic mass is 32.1. The number of para-hydroxylation sites is 1. The van der Waals surface area contributed by atoms with Crippen LogP contribution in [-0.4, -0.2) is 24.6 Å². The molecule has 2 aromatic rings. The molecule has 0 aliphatic rings. The first kappa shape index (κ1) is 13.5. The highest BCUT2D eigenvalue weighted by molar-refractivity contribution is 7.07. The fourth-order valence-electron chi connectivity index (χ4n) is 1.87. The van der Waals surface area contributed by atoms with Gasteiger partial charge in [0.2, 0.25) is 0 Å². The maximum absolute atomic E-state index is 12.2. The van der Waals surface area contributed by atoms with E-state index < -0.39 is 6.04 Å². The minimum Gasteiger partial charge on any atom is -0.464 e. The zero-order valence-electron chi connectivity index (χ0n) is 10.9. The highest BCUT2D eigenvalue weighted by Crippen LogP contribution is 2.26. The summed E-state index contributed by atoms with van der Waals surface area (Å²) in [5.41, 5.74) is 3.39. The molecule has 0 fully saturated rings. The Labute approximate surface area is 116 Å². The number of esters is 1. The zero-order valence-corrected chi connectivity index (χ0v) is 11.8. The topological polar surface area (TPSA) is 42.4 Å². The number of hydrogen-bond donors (Lipinski definition) is 0. The van der Waals surface area contributed by atoms with Crippen LogP contribution in [0.15, 0.2) is 41.2 Å². The molecule has 0 radical (unpaired) electrons. The van der Waals surface area contributed by atoms with Crippen molar-refractivity contribution >= 4 is 23.0 Å². The summed E-state index contributed by atoms with van der Waals surface area (Å²) in [6, 6.07) is 9.23. The first-order valence-electron chi connectivity index (χ1n) is 6.06. The zero-order chi connectivity index (χ0) is 13.7. The largest absolute Gasteiger partial charge is 0.464 e. The molecule has 4 nitrogen and oxygen atoms in total. The highest BCUT2D eigenvalue weighted by Gasteiger charge is 2.28. The minimum absolute atomic E-state index is 0.278. The van der Waals surface area contributed by atoms with Crippen LogP contribution in [0.5, 0.6) is 0 Å². The molecule has 100 valence electrons. The van der Waals surface area contributed by atoms with Crippen LogP contribution in [0.4, 0.5) is 5.69 Å². The Bertz CT molecular complexity index is 514. The average Bonchev–Trinajstić information content (AvgIpc) is 2.94. The third-order valence-electron chi connectivity index (χ3n) is 2.79. The van der Waals surface area contributed by atoms with Crippen molar-refractivity contribution in [2.24, 2.45) is 0 Å². The van der Waals surface area contributed by atoms with E-state index in [-0.39, 0.29) is 5.97 Å². The number of ether oxygens (including phenoxy) is 1. The number of hydrogen-bond acceptors (Lipinski definition) is 5. The van der Waals surface area contributed by atoms with Gasteiger partial charge in [-0.1, -0.05) is 18.2 Å². The second-order valence-electron chi connectivity index (χ2n) is 4.01. The molecule has 2 rings (SSSR count). The Morgan fingerprint density at radius 3 is 2.74 bits per heavy atom. The molecule has 0 spiro atoms. The van der Waals surface area contributed by atoms with Crippen LogP contribution >= 0.6 is 11.3 Å². The molecular weight excluding hydrogens is 260 g/mol. The number of anilines is 1. The summed E-state index contributed by atoms with van der Waals surface area (Å²) < 4.78 is 5.15. The van der Waals surface area contributed by atoms with E-state index in [0.717, 1.165) is 11.4 Å². The van der Waals surface area contributed by atoms with Crippen LogP contribution in [0.25, 0.3) is 0 Å². The van der Waals surface area contributed by atoms with Crippen LogP contribution in [0.1, 0.15) is 18.7 Å². The third-order valence-corrected chi connectivity index (χ3v) is 3.40. The lowest BCUT2D eigenvalue weighted by atomic mass is 10.1. The molecule has 0 aliphatic carbocycles. The SMILES string of the molecule is CCOC(=O)C(c1cscn1)N(C)c1ccccc1. The van der Waals surface area contributed by atoms with Gasteiger partial charge in [0.15, 0.2) is 6.04 Å². The smallest absolute Gasteiger partial charge is 0.335 e. The molecule has 0 N–H and O–H groups in total. The molecule has 1 atom stereocenters. The van der Waals surface area contributed by atoms with Crippen molar-refractivity contribution in [2.45, 2.75) is 13.0 Å². The molecule has 0 bridgehead atoms. The van der Waals surface area contributed by atoms with Gasteiger partial charge in [0.1, 0.15) is 0 Å². The van der Waals surface area contributed by atoms with Gasteiger partial charge in [-0.2, -0.15) is 0 Å². The van der Waals surface area contributed by atoms with E-state index in [9.17, 15) is 4.79 Å². The number of thiazole rings is 1. The van der Waals surface area contributed by atoms with Crippen molar-refractivity contribution in [3.63, 3.8) is 0 Å². The molecular formula is C14H16N2O2S. The quantitative estimate of drug-likeness (QED) is 0.788. The normalized spacial score (nSPS) is 11.9. The van der Waals surface area contributed by atoms with E-state index in [1.54, 1.807) is 12.4 Å². The standard InChI is InChI=1S/C14H16N2O2S/c1-3-18-14(17)13(12-9-19-10-15-12)16(2)11-7-5-4-6-8-11/h4-10,13H,3H2,1-2H3. The lowest BCUT2D eigenvalue weighted by Gasteiger charge is -2.27. The van der Waals surface area contributed by atoms with Crippen molar-refractivity contribution in [1.82, 2.24) is 4.98 Å². The van der Waals surface area contributed by atoms with Gasteiger partial charge in [-0.25, -0.2) is 9.78 Å². The first-order chi connectivity index (χ1) is 9.24. The number of aromatic nitrogens is 1. The molecule has 1 unspecified atom stereocenters. The Morgan fingerprint density at radius 1 is 1.42 bits per heavy atom. The first-order valence-corrected chi connectivity index (χ1v) is 7.01. The van der Waals surface area contributed by atoms with Crippen LogP contribution in [0.3, 0.4) is 0 Å². The Balaban J connectivity index is 2.30. The van der Waals surface area contributed by atoms with Gasteiger partial charge in [-0.15, -0.1) is 11.3 Å². The Hall–Kier alpha value is -1.88. The molecule has 5 heteroatoms. The lowest BCUT2D eigenvalue weighted by Crippen LogP contribution is -2.32. The Kier molecular flexibility index (Phi) is 4.52. The summed E-state index contributed by atoms with van der Waals surface area (Å²) in [7, 11) is 1.87. The van der Waals surface area contributed by atoms with Crippen molar-refractivity contribution in [3.8, 4) is 0 Å². The fraction of sp³-hybridized carbons (Fsp3) is 0.286. The van der Waals surface area contributed by atoms with E-state index in [0.29, 0.717) is 6.61 Å². The summed E-state index contributed by atoms with van der Waals surface area (Å²) in [5.74, 6) is -0.278. The number of likely N-dealkylation sites (N-methyl/N-ethyl adjacent to an activating group) is 1. The molecule has 0 saturated carbocycles. The monoisotopic (exact) mass is 276 g/mol. The summed E-state index contributed by atoms with van der Waals surface area (Å²) in [4.78, 5) is 18.3. The van der Waals surface area contributed by atoms with Gasteiger partial charge in [0.05, 0.1) is 17.8 Å². The van der Waals surface area contributed by atoms with Crippen LogP contribution in [0, 0.1) is 0 Å². The second-order valence-corrected chi connectivity index (χ2v) is 4.73. The van der Waals surface area contributed by atoms with Crippen molar-refractivity contribution in [1.29, 1.82) is 0 Å².